The predicted octanol–water partition coefficient (Wildman–Crippen LogP) is 3.20. The first-order chi connectivity index (χ1) is 11.8. The van der Waals surface area contributed by atoms with Gasteiger partial charge in [0.25, 0.3) is 5.89 Å². The molecule has 1 aromatic heterocycles. The highest BCUT2D eigenvalue weighted by Gasteiger charge is 2.51. The summed E-state index contributed by atoms with van der Waals surface area (Å²) in [7, 11) is -1.93. The summed E-state index contributed by atoms with van der Waals surface area (Å²) < 4.78 is 47.1. The topological polar surface area (TPSA) is 82.3 Å². The summed E-state index contributed by atoms with van der Waals surface area (Å²) in [6, 6.07) is 4.57. The van der Waals surface area contributed by atoms with Gasteiger partial charge in [-0.15, -0.1) is 0 Å². The zero-order valence-corrected chi connectivity index (χ0v) is 15.1. The SMILES string of the molecule is COc1ccc(/C=C(\C)c2nc(C3(S(C)(=O)=O)CCC3)no2)cc1F. The van der Waals surface area contributed by atoms with E-state index in [-0.39, 0.29) is 17.5 Å². The lowest BCUT2D eigenvalue weighted by Crippen LogP contribution is -2.42. The van der Waals surface area contributed by atoms with Gasteiger partial charge in [0.05, 0.1) is 7.11 Å². The minimum atomic E-state index is -3.33. The molecule has 0 bridgehead atoms. The van der Waals surface area contributed by atoms with Crippen LogP contribution in [0.3, 0.4) is 0 Å². The standard InChI is InChI=1S/C17H19FN2O4S/c1-11(9-12-5-6-14(23-2)13(18)10-12)15-19-16(20-24-15)17(7-4-8-17)25(3,21)22/h5-6,9-10H,4,7-8H2,1-3H3/b11-9+. The second-order valence-corrected chi connectivity index (χ2v) is 8.59. The van der Waals surface area contributed by atoms with Crippen LogP contribution in [0.25, 0.3) is 11.6 Å². The number of methoxy groups -OCH3 is 1. The van der Waals surface area contributed by atoms with E-state index >= 15 is 0 Å². The van der Waals surface area contributed by atoms with Crippen LogP contribution in [0.15, 0.2) is 22.7 Å². The summed E-state index contributed by atoms with van der Waals surface area (Å²) >= 11 is 0. The summed E-state index contributed by atoms with van der Waals surface area (Å²) in [6.07, 6.45) is 4.70. The Balaban J connectivity index is 1.91. The van der Waals surface area contributed by atoms with Crippen molar-refractivity contribution in [1.29, 1.82) is 0 Å². The Hall–Kier alpha value is -2.22. The minimum Gasteiger partial charge on any atom is -0.494 e. The fourth-order valence-electron chi connectivity index (χ4n) is 2.91. The van der Waals surface area contributed by atoms with Crippen molar-refractivity contribution in [1.82, 2.24) is 10.1 Å². The lowest BCUT2D eigenvalue weighted by atomic mass is 9.83. The average Bonchev–Trinajstić information content (AvgIpc) is 2.94. The Morgan fingerprint density at radius 1 is 1.40 bits per heavy atom. The predicted molar refractivity (Wildman–Crippen MR) is 91.2 cm³/mol. The first kappa shape index (κ1) is 17.6. The summed E-state index contributed by atoms with van der Waals surface area (Å²) in [5.41, 5.74) is 1.23. The molecule has 0 aliphatic heterocycles. The molecule has 6 nitrogen and oxygen atoms in total. The molecule has 2 aromatic rings. The van der Waals surface area contributed by atoms with E-state index < -0.39 is 20.4 Å². The molecule has 0 atom stereocenters. The highest BCUT2D eigenvalue weighted by molar-refractivity contribution is 7.91. The van der Waals surface area contributed by atoms with Gasteiger partial charge in [-0.05, 0) is 50.0 Å². The molecule has 0 N–H and O–H groups in total. The normalized spacial score (nSPS) is 17.2. The molecule has 1 aromatic carbocycles. The minimum absolute atomic E-state index is 0.162. The van der Waals surface area contributed by atoms with Crippen molar-refractivity contribution in [3.63, 3.8) is 0 Å². The first-order valence-corrected chi connectivity index (χ1v) is 9.72. The van der Waals surface area contributed by atoms with Crippen molar-refractivity contribution >= 4 is 21.5 Å². The molecule has 0 saturated heterocycles. The third-order valence-electron chi connectivity index (χ3n) is 4.60. The number of allylic oxidation sites excluding steroid dienone is 1. The fraction of sp³-hybridized carbons (Fsp3) is 0.412. The van der Waals surface area contributed by atoms with Crippen LogP contribution in [-0.4, -0.2) is 31.9 Å². The molecule has 1 heterocycles. The number of sulfone groups is 1. The highest BCUT2D eigenvalue weighted by atomic mass is 32.2. The Morgan fingerprint density at radius 3 is 2.64 bits per heavy atom. The van der Waals surface area contributed by atoms with Crippen molar-refractivity contribution in [2.75, 3.05) is 13.4 Å². The molecule has 0 radical (unpaired) electrons. The molecule has 3 rings (SSSR count). The zero-order chi connectivity index (χ0) is 18.2. The van der Waals surface area contributed by atoms with Crippen molar-refractivity contribution in [2.24, 2.45) is 0 Å². The monoisotopic (exact) mass is 366 g/mol. The van der Waals surface area contributed by atoms with Crippen molar-refractivity contribution in [3.8, 4) is 5.75 Å². The molecule has 0 amide bonds. The lowest BCUT2D eigenvalue weighted by molar-refractivity contribution is 0.312. The number of benzene rings is 1. The zero-order valence-electron chi connectivity index (χ0n) is 14.2. The van der Waals surface area contributed by atoms with Crippen molar-refractivity contribution in [3.05, 3.63) is 41.3 Å². The Bertz CT molecular complexity index is 930. The van der Waals surface area contributed by atoms with Crippen LogP contribution < -0.4 is 4.74 Å². The maximum absolute atomic E-state index is 13.8. The highest BCUT2D eigenvalue weighted by Crippen LogP contribution is 2.46. The van der Waals surface area contributed by atoms with Gasteiger partial charge in [-0.25, -0.2) is 12.8 Å². The average molecular weight is 366 g/mol. The number of halogens is 1. The van der Waals surface area contributed by atoms with E-state index in [1.54, 1.807) is 19.1 Å². The molecule has 1 aliphatic rings. The Morgan fingerprint density at radius 2 is 2.12 bits per heavy atom. The van der Waals surface area contributed by atoms with E-state index in [0.29, 0.717) is 24.0 Å². The second-order valence-electron chi connectivity index (χ2n) is 6.26. The van der Waals surface area contributed by atoms with Gasteiger partial charge in [0.1, 0.15) is 4.75 Å². The van der Waals surface area contributed by atoms with Gasteiger partial charge in [0.2, 0.25) is 0 Å². The van der Waals surface area contributed by atoms with Crippen LogP contribution in [0.4, 0.5) is 4.39 Å². The number of rotatable bonds is 5. The van der Waals surface area contributed by atoms with E-state index in [9.17, 15) is 12.8 Å². The summed E-state index contributed by atoms with van der Waals surface area (Å²) in [5.74, 6) is 0.113. The summed E-state index contributed by atoms with van der Waals surface area (Å²) in [4.78, 5) is 4.28. The third-order valence-corrected chi connectivity index (χ3v) is 6.61. The molecular weight excluding hydrogens is 347 g/mol. The van der Waals surface area contributed by atoms with Gasteiger partial charge in [-0.3, -0.25) is 0 Å². The number of hydrogen-bond donors (Lipinski definition) is 0. The van der Waals surface area contributed by atoms with Gasteiger partial charge in [-0.1, -0.05) is 11.2 Å². The van der Waals surface area contributed by atoms with E-state index in [0.717, 1.165) is 6.42 Å². The van der Waals surface area contributed by atoms with Gasteiger partial charge in [0, 0.05) is 11.8 Å². The largest absolute Gasteiger partial charge is 0.494 e. The Labute approximate surface area is 145 Å². The maximum Gasteiger partial charge on any atom is 0.253 e. The van der Waals surface area contributed by atoms with Crippen LogP contribution in [0.2, 0.25) is 0 Å². The van der Waals surface area contributed by atoms with Crippen LogP contribution in [-0.2, 0) is 14.6 Å². The third kappa shape index (κ3) is 3.06. The molecule has 0 unspecified atom stereocenters. The van der Waals surface area contributed by atoms with Crippen molar-refractivity contribution in [2.45, 2.75) is 30.9 Å². The van der Waals surface area contributed by atoms with Gasteiger partial charge in [0.15, 0.2) is 27.2 Å². The lowest BCUT2D eigenvalue weighted by Gasteiger charge is -2.36. The molecular formula is C17H19FN2O4S. The van der Waals surface area contributed by atoms with Crippen molar-refractivity contribution < 1.29 is 22.1 Å². The number of nitrogens with zero attached hydrogens (tertiary/aromatic N) is 2. The quantitative estimate of drug-likeness (QED) is 0.808. The van der Waals surface area contributed by atoms with E-state index in [1.807, 2.05) is 0 Å². The van der Waals surface area contributed by atoms with Gasteiger partial charge < -0.3 is 9.26 Å². The smallest absolute Gasteiger partial charge is 0.253 e. The molecule has 25 heavy (non-hydrogen) atoms. The van der Waals surface area contributed by atoms with Gasteiger partial charge in [-0.2, -0.15) is 4.98 Å². The maximum atomic E-state index is 13.8. The van der Waals surface area contributed by atoms with Crippen LogP contribution in [0.1, 0.15) is 43.5 Å². The van der Waals surface area contributed by atoms with Crippen LogP contribution in [0, 0.1) is 5.82 Å². The molecule has 1 aliphatic carbocycles. The Kier molecular flexibility index (Phi) is 4.40. The number of hydrogen-bond acceptors (Lipinski definition) is 6. The number of aromatic nitrogens is 2. The summed E-state index contributed by atoms with van der Waals surface area (Å²) in [6.45, 7) is 1.74. The number of ether oxygens (including phenoxy) is 1. The second kappa shape index (κ2) is 6.25. The van der Waals surface area contributed by atoms with Gasteiger partial charge >= 0.3 is 0 Å². The summed E-state index contributed by atoms with van der Waals surface area (Å²) in [5, 5.41) is 3.88. The van der Waals surface area contributed by atoms with Crippen LogP contribution in [0.5, 0.6) is 5.75 Å². The molecule has 0 spiro atoms. The molecule has 1 saturated carbocycles. The molecule has 1 fully saturated rings. The van der Waals surface area contributed by atoms with E-state index in [1.165, 1.54) is 25.5 Å². The molecule has 8 heteroatoms. The van der Waals surface area contributed by atoms with E-state index in [2.05, 4.69) is 10.1 Å². The fourth-order valence-corrected chi connectivity index (χ4v) is 4.36. The molecule has 134 valence electrons. The van der Waals surface area contributed by atoms with E-state index in [4.69, 9.17) is 9.26 Å². The first-order valence-electron chi connectivity index (χ1n) is 7.83. The van der Waals surface area contributed by atoms with Crippen LogP contribution >= 0.6 is 0 Å².